The highest BCUT2D eigenvalue weighted by Crippen LogP contribution is 2.40. The molecule has 3 rings (SSSR count). The Morgan fingerprint density at radius 3 is 3.06 bits per heavy atom. The summed E-state index contributed by atoms with van der Waals surface area (Å²) >= 11 is 0. The molecule has 7 nitrogen and oxygen atoms in total. The number of rotatable bonds is 4. The molecular weight excluding hydrogens is 232 g/mol. The molecule has 1 saturated carbocycles. The van der Waals surface area contributed by atoms with Crippen LogP contribution in [-0.2, 0) is 0 Å². The van der Waals surface area contributed by atoms with Gasteiger partial charge in [0.1, 0.15) is 5.82 Å². The number of nitrogens with zero attached hydrogens (tertiary/aromatic N) is 3. The first kappa shape index (κ1) is 11.2. The molecule has 0 saturated heterocycles. The number of hydrogen-bond acceptors (Lipinski definition) is 5. The van der Waals surface area contributed by atoms with E-state index in [0.29, 0.717) is 23.9 Å². The van der Waals surface area contributed by atoms with Gasteiger partial charge in [0.05, 0.1) is 5.54 Å². The first-order valence-corrected chi connectivity index (χ1v) is 6.05. The Balaban J connectivity index is 1.94. The van der Waals surface area contributed by atoms with Crippen LogP contribution in [0.3, 0.4) is 0 Å². The van der Waals surface area contributed by atoms with Crippen molar-refractivity contribution in [3.05, 3.63) is 22.6 Å². The number of H-pyrrole nitrogens is 1. The fourth-order valence-electron chi connectivity index (χ4n) is 2.20. The Morgan fingerprint density at radius 1 is 1.61 bits per heavy atom. The van der Waals surface area contributed by atoms with Crippen molar-refractivity contribution in [2.75, 3.05) is 11.9 Å². The van der Waals surface area contributed by atoms with Gasteiger partial charge in [0, 0.05) is 6.54 Å². The predicted octanol–water partition coefficient (Wildman–Crippen LogP) is -0.0431. The molecule has 1 aliphatic carbocycles. The van der Waals surface area contributed by atoms with Crippen LogP contribution in [0.15, 0.2) is 16.9 Å². The van der Waals surface area contributed by atoms with Crippen LogP contribution < -0.4 is 16.7 Å². The molecule has 2 aromatic rings. The van der Waals surface area contributed by atoms with E-state index >= 15 is 0 Å². The summed E-state index contributed by atoms with van der Waals surface area (Å²) in [6.45, 7) is 2.63. The molecule has 0 bridgehead atoms. The largest absolute Gasteiger partial charge is 0.364 e. The second kappa shape index (κ2) is 3.81. The van der Waals surface area contributed by atoms with Gasteiger partial charge >= 0.3 is 5.69 Å². The molecule has 1 fully saturated rings. The number of hydrogen-bond donors (Lipinski definition) is 3. The van der Waals surface area contributed by atoms with Gasteiger partial charge in [-0.15, -0.1) is 5.10 Å². The zero-order valence-corrected chi connectivity index (χ0v) is 10.2. The quantitative estimate of drug-likeness (QED) is 0.704. The van der Waals surface area contributed by atoms with Crippen LogP contribution in [0.4, 0.5) is 5.82 Å². The lowest BCUT2D eigenvalue weighted by atomic mass is 9.96. The molecule has 1 unspecified atom stereocenters. The van der Waals surface area contributed by atoms with Crippen molar-refractivity contribution < 1.29 is 0 Å². The van der Waals surface area contributed by atoms with Gasteiger partial charge in [0.2, 0.25) is 0 Å². The van der Waals surface area contributed by atoms with E-state index in [0.717, 1.165) is 0 Å². The van der Waals surface area contributed by atoms with Crippen molar-refractivity contribution in [2.45, 2.75) is 25.3 Å². The SMILES string of the molecule is CC(CN)(Nc1ccc2n[nH]c(=O)n2n1)C1CC1. The fourth-order valence-corrected chi connectivity index (χ4v) is 2.20. The van der Waals surface area contributed by atoms with Gasteiger partial charge in [-0.05, 0) is 37.8 Å². The van der Waals surface area contributed by atoms with E-state index in [2.05, 4.69) is 27.5 Å². The standard InChI is InChI=1S/C11H16N6O/c1-11(6-12,7-2-3-7)13-8-4-5-9-14-15-10(18)17(9)16-8/h4-5,7H,2-3,6,12H2,1H3,(H,13,16)(H,15,18). The summed E-state index contributed by atoms with van der Waals surface area (Å²) < 4.78 is 1.24. The summed E-state index contributed by atoms with van der Waals surface area (Å²) in [5.41, 5.74) is 5.85. The number of aromatic nitrogens is 4. The van der Waals surface area contributed by atoms with E-state index in [9.17, 15) is 4.79 Å². The maximum atomic E-state index is 11.4. The molecule has 18 heavy (non-hydrogen) atoms. The van der Waals surface area contributed by atoms with Crippen LogP contribution in [-0.4, -0.2) is 31.9 Å². The molecule has 1 aliphatic rings. The highest BCUT2D eigenvalue weighted by Gasteiger charge is 2.40. The van der Waals surface area contributed by atoms with E-state index in [1.807, 2.05) is 6.07 Å². The van der Waals surface area contributed by atoms with Crippen LogP contribution in [0.1, 0.15) is 19.8 Å². The van der Waals surface area contributed by atoms with Crippen LogP contribution >= 0.6 is 0 Å². The molecular formula is C11H16N6O. The summed E-state index contributed by atoms with van der Waals surface area (Å²) in [4.78, 5) is 11.4. The van der Waals surface area contributed by atoms with E-state index in [4.69, 9.17) is 5.73 Å². The van der Waals surface area contributed by atoms with E-state index in [-0.39, 0.29) is 11.2 Å². The lowest BCUT2D eigenvalue weighted by Gasteiger charge is -2.29. The Kier molecular flexibility index (Phi) is 2.37. The van der Waals surface area contributed by atoms with Gasteiger partial charge in [-0.2, -0.15) is 9.61 Å². The Hall–Kier alpha value is -1.89. The van der Waals surface area contributed by atoms with Crippen molar-refractivity contribution in [2.24, 2.45) is 11.7 Å². The van der Waals surface area contributed by atoms with Gasteiger partial charge in [-0.25, -0.2) is 9.89 Å². The van der Waals surface area contributed by atoms with Crippen molar-refractivity contribution in [3.8, 4) is 0 Å². The lowest BCUT2D eigenvalue weighted by molar-refractivity contribution is 0.457. The molecule has 0 amide bonds. The smallest absolute Gasteiger partial charge is 0.362 e. The summed E-state index contributed by atoms with van der Waals surface area (Å²) in [6, 6.07) is 3.56. The van der Waals surface area contributed by atoms with Crippen molar-refractivity contribution in [1.29, 1.82) is 0 Å². The first-order chi connectivity index (χ1) is 8.62. The second-order valence-corrected chi connectivity index (χ2v) is 5.04. The van der Waals surface area contributed by atoms with Crippen LogP contribution in [0.5, 0.6) is 0 Å². The van der Waals surface area contributed by atoms with Crippen LogP contribution in [0, 0.1) is 5.92 Å². The van der Waals surface area contributed by atoms with Gasteiger partial charge in [0.25, 0.3) is 0 Å². The highest BCUT2D eigenvalue weighted by molar-refractivity contribution is 5.45. The minimum Gasteiger partial charge on any atom is -0.362 e. The Morgan fingerprint density at radius 2 is 2.39 bits per heavy atom. The molecule has 1 atom stereocenters. The highest BCUT2D eigenvalue weighted by atomic mass is 16.2. The third-order valence-electron chi connectivity index (χ3n) is 3.59. The third-order valence-corrected chi connectivity index (χ3v) is 3.59. The van der Waals surface area contributed by atoms with E-state index < -0.39 is 0 Å². The third kappa shape index (κ3) is 1.76. The monoisotopic (exact) mass is 248 g/mol. The fraction of sp³-hybridized carbons (Fsp3) is 0.545. The summed E-state index contributed by atoms with van der Waals surface area (Å²) in [5, 5.41) is 13.8. The number of nitrogens with one attached hydrogen (secondary N) is 2. The van der Waals surface area contributed by atoms with Gasteiger partial charge in [0.15, 0.2) is 5.65 Å². The summed E-state index contributed by atoms with van der Waals surface area (Å²) in [7, 11) is 0. The number of aromatic amines is 1. The number of nitrogens with two attached hydrogens (primary N) is 1. The van der Waals surface area contributed by atoms with Gasteiger partial charge in [-0.1, -0.05) is 0 Å². The second-order valence-electron chi connectivity index (χ2n) is 5.04. The molecule has 96 valence electrons. The molecule has 7 heteroatoms. The topological polar surface area (TPSA) is 101 Å². The minimum absolute atomic E-state index is 0.159. The lowest BCUT2D eigenvalue weighted by Crippen LogP contribution is -2.45. The molecule has 2 heterocycles. The van der Waals surface area contributed by atoms with E-state index in [1.54, 1.807) is 6.07 Å². The maximum absolute atomic E-state index is 11.4. The zero-order chi connectivity index (χ0) is 12.8. The Labute approximate surface area is 103 Å². The molecule has 0 spiro atoms. The molecule has 0 aliphatic heterocycles. The number of fused-ring (bicyclic) bond motifs is 1. The maximum Gasteiger partial charge on any atom is 0.364 e. The number of anilines is 1. The van der Waals surface area contributed by atoms with Gasteiger partial charge < -0.3 is 11.1 Å². The normalized spacial score (nSPS) is 18.8. The summed E-state index contributed by atoms with van der Waals surface area (Å²) in [5.74, 6) is 1.23. The molecule has 4 N–H and O–H groups in total. The first-order valence-electron chi connectivity index (χ1n) is 6.05. The molecule has 0 radical (unpaired) electrons. The Bertz CT molecular complexity index is 628. The molecule has 2 aromatic heterocycles. The van der Waals surface area contributed by atoms with E-state index in [1.165, 1.54) is 17.4 Å². The minimum atomic E-state index is -0.338. The van der Waals surface area contributed by atoms with Crippen molar-refractivity contribution >= 4 is 11.5 Å². The van der Waals surface area contributed by atoms with Crippen molar-refractivity contribution in [1.82, 2.24) is 19.8 Å². The predicted molar refractivity (Wildman–Crippen MR) is 67.4 cm³/mol. The molecule has 0 aromatic carbocycles. The average molecular weight is 248 g/mol. The zero-order valence-electron chi connectivity index (χ0n) is 10.2. The summed E-state index contributed by atoms with van der Waals surface area (Å²) in [6.07, 6.45) is 2.38. The van der Waals surface area contributed by atoms with Crippen molar-refractivity contribution in [3.63, 3.8) is 0 Å². The van der Waals surface area contributed by atoms with Crippen LogP contribution in [0.25, 0.3) is 5.65 Å². The average Bonchev–Trinajstić information content (AvgIpc) is 3.16. The van der Waals surface area contributed by atoms with Gasteiger partial charge in [-0.3, -0.25) is 0 Å². The van der Waals surface area contributed by atoms with Crippen LogP contribution in [0.2, 0.25) is 0 Å².